The number of nitrogens with one attached hydrogen (secondary N) is 2. The largest absolute Gasteiger partial charge is 0.444 e. The summed E-state index contributed by atoms with van der Waals surface area (Å²) in [7, 11) is 0. The molecule has 144 valence electrons. The van der Waals surface area contributed by atoms with Gasteiger partial charge in [0.05, 0.1) is 0 Å². The lowest BCUT2D eigenvalue weighted by molar-refractivity contribution is 0.145. The molecule has 2 amide bonds. The van der Waals surface area contributed by atoms with Gasteiger partial charge in [-0.15, -0.1) is 0 Å². The highest BCUT2D eigenvalue weighted by Gasteiger charge is 2.02. The minimum Gasteiger partial charge on any atom is -0.444 e. The van der Waals surface area contributed by atoms with Crippen LogP contribution in [0.25, 0.3) is 0 Å². The Kier molecular flexibility index (Phi) is 9.04. The second kappa shape index (κ2) is 12.4. The molecule has 1 heterocycles. The van der Waals surface area contributed by atoms with Gasteiger partial charge in [0.1, 0.15) is 19.6 Å². The topological polar surface area (TPSA) is 106 Å². The van der Waals surface area contributed by atoms with Gasteiger partial charge < -0.3 is 9.47 Å². The molecule has 0 radical (unpaired) electrons. The zero-order valence-corrected chi connectivity index (χ0v) is 15.0. The first-order valence-corrected chi connectivity index (χ1v) is 8.38. The maximum absolute atomic E-state index is 11.4. The van der Waals surface area contributed by atoms with E-state index in [1.807, 2.05) is 66.7 Å². The third kappa shape index (κ3) is 8.95. The lowest BCUT2D eigenvalue weighted by Crippen LogP contribution is -2.23. The zero-order valence-electron chi connectivity index (χ0n) is 15.0. The number of carbonyl (C=O) groups is 2. The van der Waals surface area contributed by atoms with Crippen molar-refractivity contribution >= 4 is 18.5 Å². The smallest absolute Gasteiger partial charge is 0.435 e. The number of aromatic nitrogens is 2. The van der Waals surface area contributed by atoms with Crippen LogP contribution in [0.5, 0.6) is 0 Å². The molecule has 0 spiro atoms. The molecule has 0 fully saturated rings. The maximum Gasteiger partial charge on any atom is 0.435 e. The van der Waals surface area contributed by atoms with Crippen LogP contribution in [-0.4, -0.2) is 28.7 Å². The van der Waals surface area contributed by atoms with Crippen molar-refractivity contribution in [3.8, 4) is 0 Å². The molecule has 0 aliphatic carbocycles. The molecule has 0 aliphatic heterocycles. The summed E-state index contributed by atoms with van der Waals surface area (Å²) in [6, 6.07) is 20.3. The van der Waals surface area contributed by atoms with Crippen molar-refractivity contribution < 1.29 is 19.1 Å². The summed E-state index contributed by atoms with van der Waals surface area (Å²) in [5, 5.41) is 8.44. The summed E-state index contributed by atoms with van der Waals surface area (Å²) < 4.78 is 9.86. The van der Waals surface area contributed by atoms with Crippen LogP contribution >= 0.6 is 0 Å². The van der Waals surface area contributed by atoms with E-state index < -0.39 is 12.2 Å². The van der Waals surface area contributed by atoms with E-state index in [2.05, 4.69) is 20.5 Å². The van der Waals surface area contributed by atoms with Gasteiger partial charge in [0.2, 0.25) is 0 Å². The summed E-state index contributed by atoms with van der Waals surface area (Å²) in [5.74, 6) is 0. The molecule has 1 aromatic heterocycles. The first-order valence-electron chi connectivity index (χ1n) is 8.38. The molecule has 3 rings (SSSR count). The molecule has 0 bridgehead atoms. The highest BCUT2D eigenvalue weighted by atomic mass is 16.6. The van der Waals surface area contributed by atoms with Gasteiger partial charge in [0, 0.05) is 12.4 Å². The van der Waals surface area contributed by atoms with Crippen LogP contribution in [0.2, 0.25) is 0 Å². The minimum absolute atomic E-state index is 0.121. The van der Waals surface area contributed by atoms with Crippen LogP contribution in [-0.2, 0) is 22.7 Å². The van der Waals surface area contributed by atoms with Crippen LogP contribution < -0.4 is 5.32 Å². The molecule has 28 heavy (non-hydrogen) atoms. The van der Waals surface area contributed by atoms with Crippen molar-refractivity contribution in [1.29, 1.82) is 0 Å². The van der Waals surface area contributed by atoms with E-state index in [4.69, 9.17) is 9.47 Å². The first-order chi connectivity index (χ1) is 13.7. The number of carbonyl (C=O) groups excluding carboxylic acids is 2. The monoisotopic (exact) mass is 380 g/mol. The minimum atomic E-state index is -0.794. The first kappa shape index (κ1) is 20.4. The van der Waals surface area contributed by atoms with Gasteiger partial charge >= 0.3 is 12.2 Å². The van der Waals surface area contributed by atoms with Crippen LogP contribution in [0.3, 0.4) is 0 Å². The SMILES string of the molecule is O=C(N=CNC(=O)OCc1ccccc1)OCc1ccccc1.c1cn[nH]c1. The van der Waals surface area contributed by atoms with E-state index in [0.29, 0.717) is 0 Å². The van der Waals surface area contributed by atoms with Crippen molar-refractivity contribution in [1.82, 2.24) is 15.5 Å². The van der Waals surface area contributed by atoms with Gasteiger partial charge in [-0.3, -0.25) is 10.4 Å². The Balaban J connectivity index is 0.000000485. The van der Waals surface area contributed by atoms with Crippen LogP contribution in [0.4, 0.5) is 9.59 Å². The molecule has 8 nitrogen and oxygen atoms in total. The lowest BCUT2D eigenvalue weighted by Gasteiger charge is -2.03. The molecule has 3 aromatic rings. The third-order valence-corrected chi connectivity index (χ3v) is 3.18. The molecule has 0 saturated heterocycles. The number of hydrogen-bond acceptors (Lipinski definition) is 5. The number of ether oxygens (including phenoxy) is 2. The predicted molar refractivity (Wildman–Crippen MR) is 103 cm³/mol. The molecule has 8 heteroatoms. The van der Waals surface area contributed by atoms with Crippen molar-refractivity contribution in [2.75, 3.05) is 0 Å². The average molecular weight is 380 g/mol. The summed E-state index contributed by atoms with van der Waals surface area (Å²) in [6.07, 6.45) is 2.91. The lowest BCUT2D eigenvalue weighted by atomic mass is 10.2. The molecule has 2 N–H and O–H groups in total. The Hall–Kier alpha value is -3.94. The van der Waals surface area contributed by atoms with Gasteiger partial charge in [-0.2, -0.15) is 10.1 Å². The Bertz CT molecular complexity index is 820. The van der Waals surface area contributed by atoms with Crippen molar-refractivity contribution in [3.05, 3.63) is 90.3 Å². The fourth-order valence-corrected chi connectivity index (χ4v) is 1.87. The van der Waals surface area contributed by atoms with E-state index in [0.717, 1.165) is 17.5 Å². The quantitative estimate of drug-likeness (QED) is 0.519. The maximum atomic E-state index is 11.4. The van der Waals surface area contributed by atoms with Gasteiger partial charge in [-0.25, -0.2) is 9.59 Å². The van der Waals surface area contributed by atoms with E-state index in [9.17, 15) is 9.59 Å². The van der Waals surface area contributed by atoms with Crippen LogP contribution in [0, 0.1) is 0 Å². The van der Waals surface area contributed by atoms with Crippen molar-refractivity contribution in [3.63, 3.8) is 0 Å². The molecule has 0 saturated carbocycles. The van der Waals surface area contributed by atoms with Crippen molar-refractivity contribution in [2.24, 2.45) is 4.99 Å². The number of aliphatic imine (C=N–C) groups is 1. The molecule has 0 unspecified atom stereocenters. The predicted octanol–water partition coefficient (Wildman–Crippen LogP) is 3.69. The highest BCUT2D eigenvalue weighted by Crippen LogP contribution is 2.01. The summed E-state index contributed by atoms with van der Waals surface area (Å²) in [5.41, 5.74) is 1.72. The normalized spacial score (nSPS) is 9.86. The zero-order chi connectivity index (χ0) is 19.9. The highest BCUT2D eigenvalue weighted by molar-refractivity contribution is 5.87. The van der Waals surface area contributed by atoms with Crippen LogP contribution in [0.1, 0.15) is 11.1 Å². The van der Waals surface area contributed by atoms with Gasteiger partial charge in [0.25, 0.3) is 0 Å². The number of amides is 2. The Morgan fingerprint density at radius 2 is 1.54 bits per heavy atom. The number of benzene rings is 2. The summed E-state index contributed by atoms with van der Waals surface area (Å²) in [4.78, 5) is 26.2. The molecular weight excluding hydrogens is 360 g/mol. The van der Waals surface area contributed by atoms with Gasteiger partial charge in [-0.05, 0) is 17.2 Å². The number of nitrogens with zero attached hydrogens (tertiary/aromatic N) is 2. The van der Waals surface area contributed by atoms with Crippen molar-refractivity contribution in [2.45, 2.75) is 13.2 Å². The number of hydrogen-bond donors (Lipinski definition) is 2. The second-order valence-electron chi connectivity index (χ2n) is 5.27. The Morgan fingerprint density at radius 1 is 0.929 bits per heavy atom. The number of rotatable bonds is 5. The van der Waals surface area contributed by atoms with E-state index in [-0.39, 0.29) is 13.2 Å². The standard InChI is InChI=1S/C17H16N2O4.C3H4N2/c20-16(22-11-14-7-3-1-4-8-14)18-13-19-17(21)23-12-15-9-5-2-6-10-15;1-2-4-5-3-1/h1-10,13H,11-12H2,(H,18,19,20,21);1-3H,(H,4,5). The van der Waals surface area contributed by atoms with E-state index >= 15 is 0 Å². The number of aromatic amines is 1. The number of alkyl carbamates (subject to hydrolysis) is 1. The van der Waals surface area contributed by atoms with Gasteiger partial charge in [-0.1, -0.05) is 60.7 Å². The summed E-state index contributed by atoms with van der Waals surface area (Å²) >= 11 is 0. The Morgan fingerprint density at radius 3 is 2.04 bits per heavy atom. The molecular formula is C20H20N4O4. The van der Waals surface area contributed by atoms with E-state index in [1.165, 1.54) is 0 Å². The van der Waals surface area contributed by atoms with E-state index in [1.54, 1.807) is 12.4 Å². The number of H-pyrrole nitrogens is 1. The summed E-state index contributed by atoms with van der Waals surface area (Å²) in [6.45, 7) is 0.258. The fourth-order valence-electron chi connectivity index (χ4n) is 1.87. The average Bonchev–Trinajstić information content (AvgIpc) is 3.33. The molecule has 0 atom stereocenters. The molecule has 2 aromatic carbocycles. The van der Waals surface area contributed by atoms with Crippen LogP contribution in [0.15, 0.2) is 84.1 Å². The van der Waals surface area contributed by atoms with Gasteiger partial charge in [0.15, 0.2) is 0 Å². The Labute approximate surface area is 162 Å². The fraction of sp³-hybridized carbons (Fsp3) is 0.100. The third-order valence-electron chi connectivity index (χ3n) is 3.18. The second-order valence-corrected chi connectivity index (χ2v) is 5.27. The molecule has 0 aliphatic rings.